The Labute approximate surface area is 96.9 Å². The van der Waals surface area contributed by atoms with E-state index in [4.69, 9.17) is 0 Å². The van der Waals surface area contributed by atoms with Crippen molar-refractivity contribution in [1.82, 2.24) is 0 Å². The molecule has 3 nitrogen and oxygen atoms in total. The minimum absolute atomic E-state index is 0. The molecule has 0 atom stereocenters. The Bertz CT molecular complexity index is 240. The van der Waals surface area contributed by atoms with Crippen LogP contribution in [0, 0.1) is 0 Å². The lowest BCUT2D eigenvalue weighted by Crippen LogP contribution is -3.00. The van der Waals surface area contributed by atoms with Gasteiger partial charge in [0.15, 0.2) is 0 Å². The van der Waals surface area contributed by atoms with Gasteiger partial charge in [-0.3, -0.25) is 0 Å². The van der Waals surface area contributed by atoms with Crippen molar-refractivity contribution in [3.8, 4) is 0 Å². The lowest BCUT2D eigenvalue weighted by atomic mass is 10.1. The third kappa shape index (κ3) is 4.87. The molecule has 3 N–H and O–H groups in total. The van der Waals surface area contributed by atoms with Crippen molar-refractivity contribution < 1.29 is 26.6 Å². The monoisotopic (exact) mass is 261 g/mol. The van der Waals surface area contributed by atoms with Crippen molar-refractivity contribution in [2.24, 2.45) is 0 Å². The standard InChI is InChI=1S/C8H19NO2S2.ClH/c1-4-5-8(2,3)13(10,11)12-7-6-9;/h4-7,9H2,1-3H3;1H. The van der Waals surface area contributed by atoms with Crippen LogP contribution in [-0.4, -0.2) is 25.5 Å². The number of hydrogen-bond acceptors (Lipinski definition) is 3. The smallest absolute Gasteiger partial charge is 0.206 e. The molecular formula is C8H20ClNO2S2. The van der Waals surface area contributed by atoms with Crippen LogP contribution < -0.4 is 18.1 Å². The predicted molar refractivity (Wildman–Crippen MR) is 58.1 cm³/mol. The Hall–Kier alpha value is 0.550. The fourth-order valence-corrected chi connectivity index (χ4v) is 4.38. The predicted octanol–water partition coefficient (Wildman–Crippen LogP) is -2.13. The Morgan fingerprint density at radius 2 is 1.86 bits per heavy atom. The Balaban J connectivity index is 0. The van der Waals surface area contributed by atoms with Gasteiger partial charge in [-0.15, -0.1) is 0 Å². The van der Waals surface area contributed by atoms with Gasteiger partial charge in [0.25, 0.3) is 0 Å². The minimum atomic E-state index is -3.01. The first-order chi connectivity index (χ1) is 5.87. The molecule has 0 aliphatic carbocycles. The van der Waals surface area contributed by atoms with Gasteiger partial charge in [-0.05, 0) is 31.1 Å². The first kappa shape index (κ1) is 17.0. The molecule has 0 fully saturated rings. The number of halogens is 1. The average Bonchev–Trinajstić information content (AvgIpc) is 2.00. The molecular weight excluding hydrogens is 242 g/mol. The maximum Gasteiger partial charge on any atom is 0.206 e. The van der Waals surface area contributed by atoms with E-state index in [-0.39, 0.29) is 12.4 Å². The summed E-state index contributed by atoms with van der Waals surface area (Å²) in [5.74, 6) is 0.593. The Morgan fingerprint density at radius 3 is 2.21 bits per heavy atom. The Kier molecular flexibility index (Phi) is 8.39. The first-order valence-corrected chi connectivity index (χ1v) is 7.54. The summed E-state index contributed by atoms with van der Waals surface area (Å²) < 4.78 is 22.9. The molecule has 0 saturated heterocycles. The molecule has 0 aromatic carbocycles. The summed E-state index contributed by atoms with van der Waals surface area (Å²) in [6.45, 7) is 6.25. The first-order valence-electron chi connectivity index (χ1n) is 4.55. The van der Waals surface area contributed by atoms with Crippen molar-refractivity contribution >= 4 is 19.7 Å². The summed E-state index contributed by atoms with van der Waals surface area (Å²) in [5, 5.41) is 0. The van der Waals surface area contributed by atoms with E-state index in [0.717, 1.165) is 23.6 Å². The largest absolute Gasteiger partial charge is 1.00 e. The van der Waals surface area contributed by atoms with Crippen LogP contribution in [0.2, 0.25) is 0 Å². The topological polar surface area (TPSA) is 61.8 Å². The molecule has 0 aliphatic rings. The van der Waals surface area contributed by atoms with E-state index >= 15 is 0 Å². The minimum Gasteiger partial charge on any atom is -1.00 e. The van der Waals surface area contributed by atoms with E-state index in [9.17, 15) is 8.42 Å². The van der Waals surface area contributed by atoms with Crippen molar-refractivity contribution in [2.75, 3.05) is 12.3 Å². The fourth-order valence-electron chi connectivity index (χ4n) is 1.06. The zero-order chi connectivity index (χ0) is 10.5. The maximum atomic E-state index is 11.7. The molecule has 14 heavy (non-hydrogen) atoms. The highest BCUT2D eigenvalue weighted by atomic mass is 35.5. The molecule has 0 amide bonds. The fraction of sp³-hybridized carbons (Fsp3) is 1.00. The van der Waals surface area contributed by atoms with Crippen LogP contribution in [0.1, 0.15) is 33.6 Å². The van der Waals surface area contributed by atoms with E-state index in [1.54, 1.807) is 13.8 Å². The molecule has 6 heteroatoms. The maximum absolute atomic E-state index is 11.7. The third-order valence-corrected chi connectivity index (χ3v) is 7.02. The van der Waals surface area contributed by atoms with E-state index in [2.05, 4.69) is 5.73 Å². The van der Waals surface area contributed by atoms with Gasteiger partial charge in [-0.1, -0.05) is 13.3 Å². The zero-order valence-electron chi connectivity index (χ0n) is 9.05. The van der Waals surface area contributed by atoms with Gasteiger partial charge in [-0.25, -0.2) is 8.42 Å². The van der Waals surface area contributed by atoms with Crippen LogP contribution in [0.3, 0.4) is 0 Å². The molecule has 0 aromatic heterocycles. The van der Waals surface area contributed by atoms with Crippen LogP contribution in [0.25, 0.3) is 0 Å². The van der Waals surface area contributed by atoms with Crippen molar-refractivity contribution in [3.63, 3.8) is 0 Å². The molecule has 0 rings (SSSR count). The molecule has 88 valence electrons. The third-order valence-electron chi connectivity index (χ3n) is 1.91. The molecule has 0 saturated carbocycles. The number of quaternary nitrogens is 1. The van der Waals surface area contributed by atoms with Crippen LogP contribution in [0.5, 0.6) is 0 Å². The molecule has 0 aromatic rings. The highest BCUT2D eigenvalue weighted by Gasteiger charge is 2.33. The summed E-state index contributed by atoms with van der Waals surface area (Å²) in [4.78, 5) is 0. The molecule has 0 radical (unpaired) electrons. The average molecular weight is 262 g/mol. The van der Waals surface area contributed by atoms with Gasteiger partial charge in [0.1, 0.15) is 0 Å². The van der Waals surface area contributed by atoms with Gasteiger partial charge < -0.3 is 18.1 Å². The lowest BCUT2D eigenvalue weighted by molar-refractivity contribution is -0.360. The van der Waals surface area contributed by atoms with Gasteiger partial charge in [0.2, 0.25) is 8.87 Å². The number of rotatable bonds is 6. The highest BCUT2D eigenvalue weighted by Crippen LogP contribution is 2.31. The van der Waals surface area contributed by atoms with E-state index in [1.165, 1.54) is 0 Å². The molecule has 0 unspecified atom stereocenters. The molecule has 0 spiro atoms. The van der Waals surface area contributed by atoms with E-state index < -0.39 is 13.6 Å². The van der Waals surface area contributed by atoms with Crippen LogP contribution >= 0.6 is 10.8 Å². The van der Waals surface area contributed by atoms with Crippen molar-refractivity contribution in [1.29, 1.82) is 0 Å². The van der Waals surface area contributed by atoms with Crippen molar-refractivity contribution in [2.45, 2.75) is 38.4 Å². The van der Waals surface area contributed by atoms with E-state index in [1.807, 2.05) is 6.92 Å². The van der Waals surface area contributed by atoms with Gasteiger partial charge >= 0.3 is 0 Å². The van der Waals surface area contributed by atoms with Gasteiger partial charge in [0, 0.05) is 0 Å². The van der Waals surface area contributed by atoms with Crippen molar-refractivity contribution in [3.05, 3.63) is 0 Å². The molecule has 0 aliphatic heterocycles. The lowest BCUT2D eigenvalue weighted by Gasteiger charge is -2.22. The normalized spacial score (nSPS) is 12.3. The summed E-state index contributed by atoms with van der Waals surface area (Å²) >= 11 is 0. The summed E-state index contributed by atoms with van der Waals surface area (Å²) in [5.41, 5.74) is 3.63. The molecule has 0 heterocycles. The SMILES string of the molecule is CCCC(C)(C)S(=O)(=O)SCC[NH3+].[Cl-]. The summed E-state index contributed by atoms with van der Waals surface area (Å²) in [6, 6.07) is 0. The van der Waals surface area contributed by atoms with Crippen LogP contribution in [0.4, 0.5) is 0 Å². The quantitative estimate of drug-likeness (QED) is 0.556. The second-order valence-corrected chi connectivity index (χ2v) is 8.32. The second kappa shape index (κ2) is 6.93. The Morgan fingerprint density at radius 1 is 1.36 bits per heavy atom. The zero-order valence-corrected chi connectivity index (χ0v) is 11.4. The molecule has 0 bridgehead atoms. The van der Waals surface area contributed by atoms with Gasteiger partial charge in [0.05, 0.1) is 17.0 Å². The van der Waals surface area contributed by atoms with Crippen LogP contribution in [0.15, 0.2) is 0 Å². The highest BCUT2D eigenvalue weighted by molar-refractivity contribution is 8.72. The van der Waals surface area contributed by atoms with Crippen LogP contribution in [-0.2, 0) is 8.87 Å². The summed E-state index contributed by atoms with van der Waals surface area (Å²) in [6.07, 6.45) is 1.62. The number of hydrogen-bond donors (Lipinski definition) is 1. The van der Waals surface area contributed by atoms with E-state index in [0.29, 0.717) is 12.3 Å². The van der Waals surface area contributed by atoms with Gasteiger partial charge in [-0.2, -0.15) is 0 Å². The second-order valence-electron chi connectivity index (χ2n) is 3.64. The summed E-state index contributed by atoms with van der Waals surface area (Å²) in [7, 11) is -1.97.